The number of amides is 1. The molecule has 1 amide bonds. The first-order valence-electron chi connectivity index (χ1n) is 9.82. The molecule has 0 radical (unpaired) electrons. The Balaban J connectivity index is 1.86. The topological polar surface area (TPSA) is 73.2 Å². The fourth-order valence-corrected chi connectivity index (χ4v) is 4.72. The van der Waals surface area contributed by atoms with Gasteiger partial charge in [-0.25, -0.2) is 9.66 Å². The van der Waals surface area contributed by atoms with E-state index in [1.165, 1.54) is 16.0 Å². The molecule has 152 valence electrons. The Morgan fingerprint density at radius 3 is 2.72 bits per heavy atom. The van der Waals surface area contributed by atoms with Gasteiger partial charge in [-0.1, -0.05) is 32.0 Å². The standard InChI is InChI=1S/C22H25N3O3S/c1-13(2)10-17-23-20-18(15-11-22(3,4)28-12-16(15)29-20)21(27)25(17)24-19(26)14-8-6-5-7-9-14/h5-9,13H,10-12H2,1-4H3,(H,24,26). The van der Waals surface area contributed by atoms with Crippen LogP contribution in [0.25, 0.3) is 10.2 Å². The number of fused-ring (bicyclic) bond motifs is 3. The summed E-state index contributed by atoms with van der Waals surface area (Å²) < 4.78 is 7.25. The summed E-state index contributed by atoms with van der Waals surface area (Å²) in [5.41, 5.74) is 3.73. The van der Waals surface area contributed by atoms with Gasteiger partial charge in [-0.15, -0.1) is 11.3 Å². The molecule has 3 aromatic rings. The first-order chi connectivity index (χ1) is 13.7. The van der Waals surface area contributed by atoms with E-state index in [9.17, 15) is 9.59 Å². The Morgan fingerprint density at radius 2 is 2.03 bits per heavy atom. The molecule has 0 aliphatic carbocycles. The molecule has 3 heterocycles. The third-order valence-electron chi connectivity index (χ3n) is 5.01. The lowest BCUT2D eigenvalue weighted by atomic mass is 9.94. The van der Waals surface area contributed by atoms with Gasteiger partial charge in [0, 0.05) is 23.3 Å². The maximum atomic E-state index is 13.5. The summed E-state index contributed by atoms with van der Waals surface area (Å²) in [6, 6.07) is 8.89. The van der Waals surface area contributed by atoms with Crippen LogP contribution in [0.15, 0.2) is 35.1 Å². The second-order valence-electron chi connectivity index (χ2n) is 8.48. The predicted octanol–water partition coefficient (Wildman–Crippen LogP) is 3.89. The van der Waals surface area contributed by atoms with Gasteiger partial charge in [-0.05, 0) is 37.5 Å². The van der Waals surface area contributed by atoms with E-state index in [2.05, 4.69) is 19.3 Å². The number of carbonyl (C=O) groups is 1. The Hall–Kier alpha value is -2.51. The van der Waals surface area contributed by atoms with Gasteiger partial charge in [0.25, 0.3) is 11.5 Å². The van der Waals surface area contributed by atoms with Crippen molar-refractivity contribution in [3.63, 3.8) is 0 Å². The van der Waals surface area contributed by atoms with Crippen LogP contribution < -0.4 is 11.0 Å². The number of nitrogens with one attached hydrogen (secondary N) is 1. The lowest BCUT2D eigenvalue weighted by Gasteiger charge is -2.30. The summed E-state index contributed by atoms with van der Waals surface area (Å²) in [7, 11) is 0. The van der Waals surface area contributed by atoms with Gasteiger partial charge >= 0.3 is 0 Å². The van der Waals surface area contributed by atoms with E-state index in [1.54, 1.807) is 24.3 Å². The number of hydrogen-bond donors (Lipinski definition) is 1. The summed E-state index contributed by atoms with van der Waals surface area (Å²) in [4.78, 5) is 32.8. The van der Waals surface area contributed by atoms with Gasteiger partial charge in [0.1, 0.15) is 10.7 Å². The lowest BCUT2D eigenvalue weighted by molar-refractivity contribution is -0.0379. The number of thiophene rings is 1. The van der Waals surface area contributed by atoms with Crippen LogP contribution in [-0.4, -0.2) is 21.2 Å². The fraction of sp³-hybridized carbons (Fsp3) is 0.409. The van der Waals surface area contributed by atoms with Gasteiger partial charge < -0.3 is 4.74 Å². The maximum absolute atomic E-state index is 13.5. The van der Waals surface area contributed by atoms with Crippen LogP contribution in [0, 0.1) is 5.92 Å². The van der Waals surface area contributed by atoms with Crippen LogP contribution in [0.1, 0.15) is 54.3 Å². The number of carbonyl (C=O) groups excluding carboxylic acids is 1. The lowest BCUT2D eigenvalue weighted by Crippen LogP contribution is -2.37. The monoisotopic (exact) mass is 411 g/mol. The highest BCUT2D eigenvalue weighted by atomic mass is 32.1. The number of ether oxygens (including phenoxy) is 1. The average molecular weight is 412 g/mol. The number of rotatable bonds is 4. The molecule has 29 heavy (non-hydrogen) atoms. The first kappa shape index (κ1) is 19.8. The molecule has 0 spiro atoms. The van der Waals surface area contributed by atoms with Crippen LogP contribution in [0.3, 0.4) is 0 Å². The van der Waals surface area contributed by atoms with E-state index in [0.29, 0.717) is 36.2 Å². The normalized spacial score (nSPS) is 15.5. The van der Waals surface area contributed by atoms with Gasteiger partial charge in [0.05, 0.1) is 17.6 Å². The minimum Gasteiger partial charge on any atom is -0.370 e. The molecule has 2 aromatic heterocycles. The predicted molar refractivity (Wildman–Crippen MR) is 115 cm³/mol. The highest BCUT2D eigenvalue weighted by molar-refractivity contribution is 7.18. The Kier molecular flexibility index (Phi) is 5.04. The van der Waals surface area contributed by atoms with Crippen molar-refractivity contribution < 1.29 is 9.53 Å². The quantitative estimate of drug-likeness (QED) is 0.707. The number of benzene rings is 1. The minimum absolute atomic E-state index is 0.217. The molecule has 1 aliphatic heterocycles. The molecule has 0 atom stereocenters. The van der Waals surface area contributed by atoms with Crippen LogP contribution in [-0.2, 0) is 24.2 Å². The molecule has 1 N–H and O–H groups in total. The van der Waals surface area contributed by atoms with Crippen molar-refractivity contribution in [3.05, 3.63) is 62.5 Å². The third kappa shape index (κ3) is 3.84. The van der Waals surface area contributed by atoms with Crippen LogP contribution >= 0.6 is 11.3 Å². The maximum Gasteiger partial charge on any atom is 0.281 e. The molecule has 0 saturated heterocycles. The van der Waals surface area contributed by atoms with E-state index >= 15 is 0 Å². The highest BCUT2D eigenvalue weighted by Crippen LogP contribution is 2.36. The van der Waals surface area contributed by atoms with Gasteiger partial charge in [-0.3, -0.25) is 15.0 Å². The molecule has 0 bridgehead atoms. The summed E-state index contributed by atoms with van der Waals surface area (Å²) in [5, 5.41) is 0.599. The number of hydrogen-bond acceptors (Lipinski definition) is 5. The van der Waals surface area contributed by atoms with Crippen LogP contribution in [0.2, 0.25) is 0 Å². The van der Waals surface area contributed by atoms with Crippen molar-refractivity contribution in [2.24, 2.45) is 5.92 Å². The SMILES string of the molecule is CC(C)Cc1nc2sc3c(c2c(=O)n1NC(=O)c1ccccc1)CC(C)(C)OC3. The Labute approximate surface area is 173 Å². The second-order valence-corrected chi connectivity index (χ2v) is 9.57. The number of nitrogens with zero attached hydrogens (tertiary/aromatic N) is 2. The molecule has 0 saturated carbocycles. The molecule has 1 aliphatic rings. The van der Waals surface area contributed by atoms with E-state index in [4.69, 9.17) is 9.72 Å². The summed E-state index contributed by atoms with van der Waals surface area (Å²) >= 11 is 1.52. The Bertz CT molecular complexity index is 1130. The minimum atomic E-state index is -0.331. The van der Waals surface area contributed by atoms with Crippen LogP contribution in [0.5, 0.6) is 0 Å². The molecular formula is C22H25N3O3S. The van der Waals surface area contributed by atoms with E-state index in [0.717, 1.165) is 15.3 Å². The summed E-state index contributed by atoms with van der Waals surface area (Å²) in [5.74, 6) is 0.531. The summed E-state index contributed by atoms with van der Waals surface area (Å²) in [6.07, 6.45) is 1.24. The molecule has 0 unspecified atom stereocenters. The van der Waals surface area contributed by atoms with Crippen molar-refractivity contribution in [1.82, 2.24) is 9.66 Å². The largest absolute Gasteiger partial charge is 0.370 e. The average Bonchev–Trinajstić information content (AvgIpc) is 3.01. The van der Waals surface area contributed by atoms with E-state index in [-0.39, 0.29) is 23.0 Å². The first-order valence-corrected chi connectivity index (χ1v) is 10.6. The van der Waals surface area contributed by atoms with Gasteiger partial charge in [0.15, 0.2) is 0 Å². The molecule has 7 heteroatoms. The van der Waals surface area contributed by atoms with E-state index < -0.39 is 0 Å². The zero-order chi connectivity index (χ0) is 20.8. The van der Waals surface area contributed by atoms with Gasteiger partial charge in [0.2, 0.25) is 0 Å². The molecule has 1 aromatic carbocycles. The van der Waals surface area contributed by atoms with Crippen molar-refractivity contribution in [1.29, 1.82) is 0 Å². The van der Waals surface area contributed by atoms with E-state index in [1.807, 2.05) is 19.9 Å². The third-order valence-corrected chi connectivity index (χ3v) is 6.11. The molecule has 0 fully saturated rings. The van der Waals surface area contributed by atoms with Crippen molar-refractivity contribution in [2.75, 3.05) is 5.43 Å². The smallest absolute Gasteiger partial charge is 0.281 e. The van der Waals surface area contributed by atoms with Crippen LogP contribution in [0.4, 0.5) is 0 Å². The molecule has 4 rings (SSSR count). The zero-order valence-electron chi connectivity index (χ0n) is 17.1. The zero-order valence-corrected chi connectivity index (χ0v) is 17.9. The van der Waals surface area contributed by atoms with Crippen molar-refractivity contribution in [3.8, 4) is 0 Å². The fourth-order valence-electron chi connectivity index (χ4n) is 3.61. The van der Waals surface area contributed by atoms with Crippen molar-refractivity contribution in [2.45, 2.75) is 52.7 Å². The summed E-state index contributed by atoms with van der Waals surface area (Å²) in [6.45, 7) is 8.66. The Morgan fingerprint density at radius 1 is 1.31 bits per heavy atom. The van der Waals surface area contributed by atoms with Gasteiger partial charge in [-0.2, -0.15) is 0 Å². The second kappa shape index (κ2) is 7.39. The number of aromatic nitrogens is 2. The van der Waals surface area contributed by atoms with Crippen molar-refractivity contribution >= 4 is 27.5 Å². The highest BCUT2D eigenvalue weighted by Gasteiger charge is 2.31. The molecule has 6 nitrogen and oxygen atoms in total. The molecular weight excluding hydrogens is 386 g/mol.